The van der Waals surface area contributed by atoms with E-state index >= 15 is 0 Å². The van der Waals surface area contributed by atoms with Crippen molar-refractivity contribution in [1.29, 1.82) is 0 Å². The molecular formula is C9H7F5N2O2. The van der Waals surface area contributed by atoms with E-state index in [4.69, 9.17) is 10.8 Å². The van der Waals surface area contributed by atoms with Crippen LogP contribution in [-0.4, -0.2) is 16.1 Å². The monoisotopic (exact) mass is 270 g/mol. The van der Waals surface area contributed by atoms with Crippen molar-refractivity contribution in [1.82, 2.24) is 4.98 Å². The molecule has 3 N–H and O–H groups in total. The number of nitrogens with two attached hydrogens (primary N) is 1. The Hall–Kier alpha value is -1.77. The number of aromatic nitrogens is 1. The molecule has 18 heavy (non-hydrogen) atoms. The Morgan fingerprint density at radius 3 is 2.33 bits per heavy atom. The second kappa shape index (κ2) is 4.84. The van der Waals surface area contributed by atoms with Crippen LogP contribution in [0.15, 0.2) is 6.20 Å². The molecule has 0 amide bonds. The molecule has 0 aromatic carbocycles. The molecule has 0 aliphatic heterocycles. The Morgan fingerprint density at radius 2 is 2.00 bits per heavy atom. The first-order chi connectivity index (χ1) is 8.20. The average Bonchev–Trinajstić information content (AvgIpc) is 2.25. The molecule has 4 nitrogen and oxygen atoms in total. The second-order valence-corrected chi connectivity index (χ2v) is 3.21. The molecule has 1 rings (SSSR count). The Bertz CT molecular complexity index is 473. The minimum absolute atomic E-state index is 0.192. The third-order valence-electron chi connectivity index (χ3n) is 2.13. The molecule has 9 heteroatoms. The summed E-state index contributed by atoms with van der Waals surface area (Å²) in [6.07, 6.45) is -8.31. The summed E-state index contributed by atoms with van der Waals surface area (Å²) in [4.78, 5) is 13.9. The molecule has 0 saturated heterocycles. The van der Waals surface area contributed by atoms with Gasteiger partial charge in [-0.25, -0.2) is 13.6 Å². The zero-order chi connectivity index (χ0) is 14.1. The van der Waals surface area contributed by atoms with Gasteiger partial charge in [-0.2, -0.15) is 13.2 Å². The zero-order valence-corrected chi connectivity index (χ0v) is 8.63. The molecular weight excluding hydrogens is 263 g/mol. The molecule has 1 aromatic heterocycles. The largest absolute Gasteiger partial charge is 0.478 e. The molecule has 0 atom stereocenters. The van der Waals surface area contributed by atoms with Crippen molar-refractivity contribution in [3.63, 3.8) is 0 Å². The van der Waals surface area contributed by atoms with Crippen LogP contribution in [0.1, 0.15) is 33.6 Å². The average molecular weight is 270 g/mol. The molecule has 0 radical (unpaired) electrons. The molecule has 0 fully saturated rings. The van der Waals surface area contributed by atoms with Crippen molar-refractivity contribution in [3.8, 4) is 0 Å². The fourth-order valence-electron chi connectivity index (χ4n) is 1.41. The number of carboxylic acid groups (broad SMARTS) is 1. The van der Waals surface area contributed by atoms with Crippen molar-refractivity contribution in [2.75, 3.05) is 0 Å². The van der Waals surface area contributed by atoms with Gasteiger partial charge in [0.1, 0.15) is 0 Å². The number of halogens is 5. The smallest absolute Gasteiger partial charge is 0.418 e. The van der Waals surface area contributed by atoms with Gasteiger partial charge in [-0.1, -0.05) is 0 Å². The lowest BCUT2D eigenvalue weighted by Crippen LogP contribution is -2.19. The lowest BCUT2D eigenvalue weighted by atomic mass is 10.0. The fraction of sp³-hybridized carbons (Fsp3) is 0.333. The highest BCUT2D eigenvalue weighted by atomic mass is 19.4. The van der Waals surface area contributed by atoms with Gasteiger partial charge in [-0.15, -0.1) is 0 Å². The molecule has 0 bridgehead atoms. The molecule has 0 saturated carbocycles. The number of rotatable bonds is 3. The zero-order valence-electron chi connectivity index (χ0n) is 8.63. The van der Waals surface area contributed by atoms with Crippen molar-refractivity contribution < 1.29 is 31.9 Å². The number of aromatic carboxylic acids is 1. The fourth-order valence-corrected chi connectivity index (χ4v) is 1.41. The summed E-state index contributed by atoms with van der Waals surface area (Å²) in [5, 5.41) is 8.68. The van der Waals surface area contributed by atoms with Crippen molar-refractivity contribution >= 4 is 5.97 Å². The van der Waals surface area contributed by atoms with Gasteiger partial charge < -0.3 is 10.8 Å². The van der Waals surface area contributed by atoms with Gasteiger partial charge >= 0.3 is 12.1 Å². The maximum absolute atomic E-state index is 12.7. The van der Waals surface area contributed by atoms with E-state index in [0.717, 1.165) is 0 Å². The third kappa shape index (κ3) is 2.55. The maximum Gasteiger partial charge on any atom is 0.418 e. The highest BCUT2D eigenvalue weighted by Crippen LogP contribution is 2.36. The van der Waals surface area contributed by atoms with Crippen LogP contribution in [0.25, 0.3) is 0 Å². The van der Waals surface area contributed by atoms with Gasteiger partial charge in [0.25, 0.3) is 6.43 Å². The number of pyridine rings is 1. The first-order valence-corrected chi connectivity index (χ1v) is 4.50. The summed E-state index contributed by atoms with van der Waals surface area (Å²) in [6.45, 7) is -0.585. The van der Waals surface area contributed by atoms with Gasteiger partial charge in [0.15, 0.2) is 0 Å². The van der Waals surface area contributed by atoms with Crippen LogP contribution in [0, 0.1) is 0 Å². The standard InChI is InChI=1S/C9H7F5N2O2/c10-7(11)6-4(1-15)16-2-3(9(12,13)14)5(6)8(17)18/h2,7H,1,15H2,(H,17,18). The molecule has 1 heterocycles. The van der Waals surface area contributed by atoms with Crippen LogP contribution < -0.4 is 5.73 Å². The Labute approximate surface area is 97.2 Å². The van der Waals surface area contributed by atoms with Crippen molar-refractivity contribution in [2.24, 2.45) is 5.73 Å². The first kappa shape index (κ1) is 14.3. The van der Waals surface area contributed by atoms with E-state index in [-0.39, 0.29) is 6.20 Å². The van der Waals surface area contributed by atoms with E-state index < -0.39 is 47.5 Å². The number of alkyl halides is 5. The molecule has 0 aliphatic rings. The number of hydrogen-bond donors (Lipinski definition) is 2. The summed E-state index contributed by atoms with van der Waals surface area (Å²) >= 11 is 0. The normalized spacial score (nSPS) is 11.9. The van der Waals surface area contributed by atoms with Gasteiger partial charge in [0.05, 0.1) is 22.4 Å². The van der Waals surface area contributed by atoms with Crippen LogP contribution in [0.3, 0.4) is 0 Å². The van der Waals surface area contributed by atoms with Crippen LogP contribution in [0.5, 0.6) is 0 Å². The summed E-state index contributed by atoms with van der Waals surface area (Å²) < 4.78 is 62.9. The van der Waals surface area contributed by atoms with Crippen molar-refractivity contribution in [3.05, 3.63) is 28.6 Å². The van der Waals surface area contributed by atoms with Crippen LogP contribution >= 0.6 is 0 Å². The predicted octanol–water partition coefficient (Wildman–Crippen LogP) is 2.19. The van der Waals surface area contributed by atoms with E-state index in [0.29, 0.717) is 0 Å². The molecule has 0 unspecified atom stereocenters. The van der Waals surface area contributed by atoms with E-state index in [2.05, 4.69) is 4.98 Å². The Balaban J connectivity index is 3.68. The number of carbonyl (C=O) groups is 1. The van der Waals surface area contributed by atoms with Crippen LogP contribution in [0.2, 0.25) is 0 Å². The predicted molar refractivity (Wildman–Crippen MR) is 49.0 cm³/mol. The molecule has 1 aromatic rings. The minimum atomic E-state index is -5.09. The summed E-state index contributed by atoms with van der Waals surface area (Å²) in [7, 11) is 0. The highest BCUT2D eigenvalue weighted by molar-refractivity contribution is 5.91. The maximum atomic E-state index is 12.7. The van der Waals surface area contributed by atoms with Crippen LogP contribution in [0.4, 0.5) is 22.0 Å². The van der Waals surface area contributed by atoms with E-state index in [1.807, 2.05) is 0 Å². The van der Waals surface area contributed by atoms with Gasteiger partial charge in [-0.05, 0) is 0 Å². The van der Waals surface area contributed by atoms with Crippen molar-refractivity contribution in [2.45, 2.75) is 19.1 Å². The number of carboxylic acids is 1. The molecule has 0 aliphatic carbocycles. The number of hydrogen-bond acceptors (Lipinski definition) is 3. The van der Waals surface area contributed by atoms with Gasteiger partial charge in [-0.3, -0.25) is 4.98 Å². The van der Waals surface area contributed by atoms with Gasteiger partial charge in [0, 0.05) is 12.7 Å². The molecule has 0 spiro atoms. The minimum Gasteiger partial charge on any atom is -0.478 e. The summed E-state index contributed by atoms with van der Waals surface area (Å²) in [6, 6.07) is 0. The lowest BCUT2D eigenvalue weighted by molar-refractivity contribution is -0.138. The quantitative estimate of drug-likeness (QED) is 0.825. The van der Waals surface area contributed by atoms with E-state index in [1.165, 1.54) is 0 Å². The van der Waals surface area contributed by atoms with E-state index in [1.54, 1.807) is 0 Å². The summed E-state index contributed by atoms with van der Waals surface area (Å²) in [5.74, 6) is -2.10. The third-order valence-corrected chi connectivity index (χ3v) is 2.13. The highest BCUT2D eigenvalue weighted by Gasteiger charge is 2.39. The van der Waals surface area contributed by atoms with Crippen LogP contribution in [-0.2, 0) is 12.7 Å². The van der Waals surface area contributed by atoms with Gasteiger partial charge in [0.2, 0.25) is 0 Å². The second-order valence-electron chi connectivity index (χ2n) is 3.21. The summed E-state index contributed by atoms with van der Waals surface area (Å²) in [5.41, 5.74) is -0.0454. The van der Waals surface area contributed by atoms with E-state index in [9.17, 15) is 26.7 Å². The number of nitrogens with zero attached hydrogens (tertiary/aromatic N) is 1. The first-order valence-electron chi connectivity index (χ1n) is 4.50. The SMILES string of the molecule is NCc1ncc(C(F)(F)F)c(C(=O)O)c1C(F)F. The lowest BCUT2D eigenvalue weighted by Gasteiger charge is -2.15. The topological polar surface area (TPSA) is 76.2 Å². The Morgan fingerprint density at radius 1 is 1.44 bits per heavy atom. The molecule has 100 valence electrons. The Kier molecular flexibility index (Phi) is 3.85.